The highest BCUT2D eigenvalue weighted by Gasteiger charge is 2.00. The normalized spacial score (nSPS) is 10.2. The number of hydrogen-bond acceptors (Lipinski definition) is 4. The highest BCUT2D eigenvalue weighted by atomic mass is 16.5. The Morgan fingerprint density at radius 1 is 1.44 bits per heavy atom. The molecule has 0 atom stereocenters. The number of hydrogen-bond donors (Lipinski definition) is 1. The summed E-state index contributed by atoms with van der Waals surface area (Å²) in [4.78, 5) is 10.7. The molecule has 1 heterocycles. The molecule has 0 saturated carbocycles. The second-order valence-electron chi connectivity index (χ2n) is 3.97. The van der Waals surface area contributed by atoms with Crippen molar-refractivity contribution in [1.29, 1.82) is 0 Å². The van der Waals surface area contributed by atoms with Crippen molar-refractivity contribution in [2.24, 2.45) is 5.92 Å². The van der Waals surface area contributed by atoms with Crippen molar-refractivity contribution in [1.82, 2.24) is 10.2 Å². The van der Waals surface area contributed by atoms with E-state index in [-0.39, 0.29) is 5.91 Å². The third kappa shape index (κ3) is 4.72. The van der Waals surface area contributed by atoms with Crippen LogP contribution in [-0.4, -0.2) is 22.7 Å². The van der Waals surface area contributed by atoms with Gasteiger partial charge in [0, 0.05) is 13.0 Å². The van der Waals surface area contributed by atoms with Crippen LogP contribution in [0.4, 0.5) is 5.82 Å². The summed E-state index contributed by atoms with van der Waals surface area (Å²) in [5.74, 6) is 1.35. The zero-order valence-corrected chi connectivity index (χ0v) is 9.86. The van der Waals surface area contributed by atoms with Crippen LogP contribution in [0.5, 0.6) is 5.88 Å². The van der Waals surface area contributed by atoms with E-state index in [4.69, 9.17) is 4.74 Å². The van der Waals surface area contributed by atoms with Gasteiger partial charge in [-0.3, -0.25) is 4.79 Å². The zero-order chi connectivity index (χ0) is 12.0. The topological polar surface area (TPSA) is 64.1 Å². The van der Waals surface area contributed by atoms with Crippen LogP contribution in [0.3, 0.4) is 0 Å². The summed E-state index contributed by atoms with van der Waals surface area (Å²) in [6, 6.07) is 3.36. The van der Waals surface area contributed by atoms with Gasteiger partial charge in [0.25, 0.3) is 0 Å². The van der Waals surface area contributed by atoms with Crippen molar-refractivity contribution in [3.05, 3.63) is 12.1 Å². The molecule has 1 aromatic rings. The minimum atomic E-state index is -0.164. The SMILES string of the molecule is CC(=O)Nc1ccc(OCCC(C)C)nn1. The average molecular weight is 223 g/mol. The number of carbonyl (C=O) groups is 1. The van der Waals surface area contributed by atoms with Crippen LogP contribution in [0, 0.1) is 5.92 Å². The largest absolute Gasteiger partial charge is 0.477 e. The lowest BCUT2D eigenvalue weighted by molar-refractivity contribution is -0.114. The monoisotopic (exact) mass is 223 g/mol. The molecule has 0 saturated heterocycles. The van der Waals surface area contributed by atoms with Gasteiger partial charge in [0.2, 0.25) is 11.8 Å². The molecule has 1 amide bonds. The summed E-state index contributed by atoms with van der Waals surface area (Å²) in [6.07, 6.45) is 0.981. The number of rotatable bonds is 5. The van der Waals surface area contributed by atoms with Crippen LogP contribution < -0.4 is 10.1 Å². The Bertz CT molecular complexity index is 336. The van der Waals surface area contributed by atoms with Crippen molar-refractivity contribution in [2.75, 3.05) is 11.9 Å². The molecule has 1 N–H and O–H groups in total. The van der Waals surface area contributed by atoms with E-state index in [0.717, 1.165) is 6.42 Å². The van der Waals surface area contributed by atoms with Crippen molar-refractivity contribution in [2.45, 2.75) is 27.2 Å². The molecule has 16 heavy (non-hydrogen) atoms. The van der Waals surface area contributed by atoms with Gasteiger partial charge in [-0.05, 0) is 18.4 Å². The van der Waals surface area contributed by atoms with Gasteiger partial charge in [-0.2, -0.15) is 0 Å². The van der Waals surface area contributed by atoms with Gasteiger partial charge in [-0.25, -0.2) is 0 Å². The van der Waals surface area contributed by atoms with Crippen LogP contribution in [0.1, 0.15) is 27.2 Å². The number of carbonyl (C=O) groups excluding carboxylic acids is 1. The maximum absolute atomic E-state index is 10.7. The second kappa shape index (κ2) is 6.05. The lowest BCUT2D eigenvalue weighted by Gasteiger charge is -2.06. The maximum Gasteiger partial charge on any atom is 0.233 e. The first kappa shape index (κ1) is 12.4. The van der Waals surface area contributed by atoms with Gasteiger partial charge in [-0.15, -0.1) is 10.2 Å². The number of nitrogens with one attached hydrogen (secondary N) is 1. The molecule has 88 valence electrons. The molecule has 1 rings (SSSR count). The molecule has 0 aromatic carbocycles. The molecule has 0 aliphatic heterocycles. The minimum Gasteiger partial charge on any atom is -0.477 e. The number of nitrogens with zero attached hydrogens (tertiary/aromatic N) is 2. The lowest BCUT2D eigenvalue weighted by atomic mass is 10.1. The summed E-state index contributed by atoms with van der Waals surface area (Å²) >= 11 is 0. The zero-order valence-electron chi connectivity index (χ0n) is 9.86. The summed E-state index contributed by atoms with van der Waals surface area (Å²) in [5.41, 5.74) is 0. The summed E-state index contributed by atoms with van der Waals surface area (Å²) in [5, 5.41) is 10.2. The molecule has 0 aliphatic rings. The summed E-state index contributed by atoms with van der Waals surface area (Å²) < 4.78 is 5.39. The first-order chi connectivity index (χ1) is 7.58. The third-order valence-corrected chi connectivity index (χ3v) is 1.89. The number of ether oxygens (including phenoxy) is 1. The molecular formula is C11H17N3O2. The van der Waals surface area contributed by atoms with Crippen LogP contribution in [0.15, 0.2) is 12.1 Å². The van der Waals surface area contributed by atoms with Crippen LogP contribution in [0.2, 0.25) is 0 Å². The fourth-order valence-electron chi connectivity index (χ4n) is 1.04. The van der Waals surface area contributed by atoms with Crippen LogP contribution in [0.25, 0.3) is 0 Å². The first-order valence-corrected chi connectivity index (χ1v) is 5.32. The van der Waals surface area contributed by atoms with Crippen molar-refractivity contribution < 1.29 is 9.53 Å². The van der Waals surface area contributed by atoms with Crippen LogP contribution in [-0.2, 0) is 4.79 Å². The van der Waals surface area contributed by atoms with Gasteiger partial charge < -0.3 is 10.1 Å². The minimum absolute atomic E-state index is 0.164. The van der Waals surface area contributed by atoms with E-state index in [1.54, 1.807) is 12.1 Å². The van der Waals surface area contributed by atoms with Gasteiger partial charge >= 0.3 is 0 Å². The lowest BCUT2D eigenvalue weighted by Crippen LogP contribution is -2.09. The van der Waals surface area contributed by atoms with E-state index >= 15 is 0 Å². The van der Waals surface area contributed by atoms with E-state index in [2.05, 4.69) is 29.4 Å². The quantitative estimate of drug-likeness (QED) is 0.827. The Balaban J connectivity index is 2.42. The fourth-order valence-corrected chi connectivity index (χ4v) is 1.04. The van der Waals surface area contributed by atoms with E-state index in [1.807, 2.05) is 0 Å². The van der Waals surface area contributed by atoms with Crippen LogP contribution >= 0.6 is 0 Å². The predicted molar refractivity (Wildman–Crippen MR) is 61.3 cm³/mol. The van der Waals surface area contributed by atoms with E-state index in [0.29, 0.717) is 24.2 Å². The predicted octanol–water partition coefficient (Wildman–Crippen LogP) is 1.86. The molecule has 5 heteroatoms. The first-order valence-electron chi connectivity index (χ1n) is 5.32. The Morgan fingerprint density at radius 2 is 2.19 bits per heavy atom. The molecule has 0 spiro atoms. The highest BCUT2D eigenvalue weighted by Crippen LogP contribution is 2.09. The number of anilines is 1. The summed E-state index contributed by atoms with van der Waals surface area (Å²) in [6.45, 7) is 6.32. The molecule has 0 unspecified atom stereocenters. The maximum atomic E-state index is 10.7. The Labute approximate surface area is 95.2 Å². The third-order valence-electron chi connectivity index (χ3n) is 1.89. The number of aromatic nitrogens is 2. The molecule has 0 aliphatic carbocycles. The van der Waals surface area contributed by atoms with Gasteiger partial charge in [0.15, 0.2) is 5.82 Å². The van der Waals surface area contributed by atoms with Crippen molar-refractivity contribution in [3.63, 3.8) is 0 Å². The molecular weight excluding hydrogens is 206 g/mol. The van der Waals surface area contributed by atoms with E-state index < -0.39 is 0 Å². The fraction of sp³-hybridized carbons (Fsp3) is 0.545. The average Bonchev–Trinajstić information content (AvgIpc) is 2.19. The molecule has 0 bridgehead atoms. The summed E-state index contributed by atoms with van der Waals surface area (Å²) in [7, 11) is 0. The molecule has 1 aromatic heterocycles. The molecule has 0 fully saturated rings. The van der Waals surface area contributed by atoms with Crippen molar-refractivity contribution >= 4 is 11.7 Å². The Morgan fingerprint density at radius 3 is 2.69 bits per heavy atom. The van der Waals surface area contributed by atoms with Crippen molar-refractivity contribution in [3.8, 4) is 5.88 Å². The van der Waals surface area contributed by atoms with Gasteiger partial charge in [0.1, 0.15) is 0 Å². The Hall–Kier alpha value is -1.65. The van der Waals surface area contributed by atoms with Gasteiger partial charge in [-0.1, -0.05) is 13.8 Å². The van der Waals surface area contributed by atoms with E-state index in [1.165, 1.54) is 6.92 Å². The standard InChI is InChI=1S/C11H17N3O2/c1-8(2)6-7-16-11-5-4-10(13-14-11)12-9(3)15/h4-5,8H,6-7H2,1-3H3,(H,12,13,15). The Kier molecular flexibility index (Phi) is 4.69. The molecule has 5 nitrogen and oxygen atoms in total. The van der Waals surface area contributed by atoms with E-state index in [9.17, 15) is 4.79 Å². The van der Waals surface area contributed by atoms with Gasteiger partial charge in [0.05, 0.1) is 6.61 Å². The number of amides is 1. The smallest absolute Gasteiger partial charge is 0.233 e. The second-order valence-corrected chi connectivity index (χ2v) is 3.97. The highest BCUT2D eigenvalue weighted by molar-refractivity contribution is 5.87. The molecule has 0 radical (unpaired) electrons.